The van der Waals surface area contributed by atoms with Crippen molar-refractivity contribution in [1.82, 2.24) is 19.8 Å². The predicted octanol–water partition coefficient (Wildman–Crippen LogP) is 5.80. The summed E-state index contributed by atoms with van der Waals surface area (Å²) < 4.78 is 5.64. The van der Waals surface area contributed by atoms with Crippen LogP contribution < -0.4 is 0 Å². The lowest BCUT2D eigenvalue weighted by atomic mass is 10.1. The lowest BCUT2D eigenvalue weighted by Crippen LogP contribution is -2.27. The van der Waals surface area contributed by atoms with Gasteiger partial charge < -0.3 is 14.3 Å². The van der Waals surface area contributed by atoms with Gasteiger partial charge in [-0.25, -0.2) is 4.98 Å². The van der Waals surface area contributed by atoms with Crippen LogP contribution in [-0.4, -0.2) is 45.8 Å². The molecule has 4 aromatic rings. The van der Waals surface area contributed by atoms with E-state index in [1.54, 1.807) is 18.0 Å². The van der Waals surface area contributed by atoms with Crippen LogP contribution in [0.5, 0.6) is 0 Å². The first kappa shape index (κ1) is 23.4. The monoisotopic (exact) mass is 484 g/mol. The summed E-state index contributed by atoms with van der Waals surface area (Å²) in [5.41, 5.74) is 3.59. The first-order chi connectivity index (χ1) is 16.0. The molecule has 4 rings (SSSR count). The van der Waals surface area contributed by atoms with E-state index in [2.05, 4.69) is 33.2 Å². The van der Waals surface area contributed by atoms with Crippen LogP contribution in [-0.2, 0) is 19.5 Å². The summed E-state index contributed by atoms with van der Waals surface area (Å²) in [6.45, 7) is 4.27. The molecule has 0 saturated carbocycles. The first-order valence-corrected chi connectivity index (χ1v) is 11.6. The van der Waals surface area contributed by atoms with E-state index in [0.717, 1.165) is 24.0 Å². The van der Waals surface area contributed by atoms with Crippen LogP contribution in [0.25, 0.3) is 10.9 Å². The van der Waals surface area contributed by atoms with Crippen molar-refractivity contribution in [2.24, 2.45) is 0 Å². The average Bonchev–Trinajstić information content (AvgIpc) is 3.46. The fourth-order valence-electron chi connectivity index (χ4n) is 3.75. The SMILES string of the molecule is CCN(C)C(=O)c1coc(CN(CCc2c[nH]c3ccccc23)Cc2cccc(Cl)c2Cl)n1. The maximum absolute atomic E-state index is 12.4. The van der Waals surface area contributed by atoms with Crippen LogP contribution >= 0.6 is 23.2 Å². The number of fused-ring (bicyclic) bond motifs is 1. The maximum Gasteiger partial charge on any atom is 0.275 e. The molecule has 33 heavy (non-hydrogen) atoms. The molecule has 2 aromatic heterocycles. The number of hydrogen-bond acceptors (Lipinski definition) is 4. The van der Waals surface area contributed by atoms with E-state index in [-0.39, 0.29) is 5.91 Å². The molecular formula is C25H26Cl2N4O2. The molecule has 0 bridgehead atoms. The van der Waals surface area contributed by atoms with Crippen molar-refractivity contribution in [3.63, 3.8) is 0 Å². The number of aromatic nitrogens is 2. The number of oxazole rings is 1. The molecular weight excluding hydrogens is 459 g/mol. The molecule has 8 heteroatoms. The summed E-state index contributed by atoms with van der Waals surface area (Å²) in [7, 11) is 1.74. The molecule has 0 unspecified atom stereocenters. The van der Waals surface area contributed by atoms with E-state index >= 15 is 0 Å². The Hall–Kier alpha value is -2.80. The van der Waals surface area contributed by atoms with Crippen molar-refractivity contribution in [1.29, 1.82) is 0 Å². The number of rotatable bonds is 9. The van der Waals surface area contributed by atoms with Gasteiger partial charge in [-0.2, -0.15) is 0 Å². The summed E-state index contributed by atoms with van der Waals surface area (Å²) in [6, 6.07) is 13.9. The van der Waals surface area contributed by atoms with Crippen molar-refractivity contribution >= 4 is 40.0 Å². The van der Waals surface area contributed by atoms with Gasteiger partial charge >= 0.3 is 0 Å². The highest BCUT2D eigenvalue weighted by Gasteiger charge is 2.19. The van der Waals surface area contributed by atoms with Crippen LogP contribution in [0.1, 0.15) is 34.4 Å². The van der Waals surface area contributed by atoms with E-state index in [4.69, 9.17) is 27.6 Å². The van der Waals surface area contributed by atoms with Gasteiger partial charge in [-0.05, 0) is 36.6 Å². The number of halogens is 2. The fourth-order valence-corrected chi connectivity index (χ4v) is 4.13. The smallest absolute Gasteiger partial charge is 0.275 e. The Morgan fingerprint density at radius 1 is 1.09 bits per heavy atom. The van der Waals surface area contributed by atoms with Crippen molar-refractivity contribution in [2.75, 3.05) is 20.1 Å². The number of aromatic amines is 1. The zero-order valence-corrected chi connectivity index (χ0v) is 20.2. The van der Waals surface area contributed by atoms with Crippen LogP contribution in [0.15, 0.2) is 59.3 Å². The van der Waals surface area contributed by atoms with E-state index in [0.29, 0.717) is 41.3 Å². The van der Waals surface area contributed by atoms with Gasteiger partial charge in [0.15, 0.2) is 5.69 Å². The Kier molecular flexibility index (Phi) is 7.38. The summed E-state index contributed by atoms with van der Waals surface area (Å²) in [5.74, 6) is 0.329. The van der Waals surface area contributed by atoms with Crippen molar-refractivity contribution in [3.05, 3.63) is 87.7 Å². The Morgan fingerprint density at radius 2 is 1.91 bits per heavy atom. The summed E-state index contributed by atoms with van der Waals surface area (Å²) in [6.07, 6.45) is 4.30. The average molecular weight is 485 g/mol. The Morgan fingerprint density at radius 3 is 2.73 bits per heavy atom. The quantitative estimate of drug-likeness (QED) is 0.326. The number of nitrogens with zero attached hydrogens (tertiary/aromatic N) is 3. The van der Waals surface area contributed by atoms with Crippen molar-refractivity contribution in [3.8, 4) is 0 Å². The molecule has 0 radical (unpaired) electrons. The second-order valence-electron chi connectivity index (χ2n) is 7.98. The number of carbonyl (C=O) groups is 1. The zero-order valence-electron chi connectivity index (χ0n) is 18.6. The van der Waals surface area contributed by atoms with Gasteiger partial charge in [0.1, 0.15) is 6.26 Å². The summed E-state index contributed by atoms with van der Waals surface area (Å²) in [4.78, 5) is 24.0. The molecule has 0 aliphatic carbocycles. The molecule has 0 saturated heterocycles. The molecule has 2 heterocycles. The molecule has 172 valence electrons. The fraction of sp³-hybridized carbons (Fsp3) is 0.280. The lowest BCUT2D eigenvalue weighted by molar-refractivity contribution is 0.0796. The normalized spacial score (nSPS) is 11.4. The van der Waals surface area contributed by atoms with E-state index in [9.17, 15) is 4.79 Å². The van der Waals surface area contributed by atoms with Gasteiger partial charge in [-0.1, -0.05) is 53.5 Å². The molecule has 2 aromatic carbocycles. The number of H-pyrrole nitrogens is 1. The zero-order chi connectivity index (χ0) is 23.4. The topological polar surface area (TPSA) is 65.4 Å². The number of hydrogen-bond donors (Lipinski definition) is 1. The van der Waals surface area contributed by atoms with Gasteiger partial charge in [0, 0.05) is 43.8 Å². The minimum Gasteiger partial charge on any atom is -0.447 e. The molecule has 0 fully saturated rings. The van der Waals surface area contributed by atoms with Gasteiger partial charge in [-0.3, -0.25) is 9.69 Å². The lowest BCUT2D eigenvalue weighted by Gasteiger charge is -2.21. The van der Waals surface area contributed by atoms with Crippen LogP contribution in [0, 0.1) is 0 Å². The molecule has 6 nitrogen and oxygen atoms in total. The largest absolute Gasteiger partial charge is 0.447 e. The highest BCUT2D eigenvalue weighted by molar-refractivity contribution is 6.42. The number of amides is 1. The second-order valence-corrected chi connectivity index (χ2v) is 8.76. The van der Waals surface area contributed by atoms with E-state index in [1.807, 2.05) is 31.2 Å². The van der Waals surface area contributed by atoms with Crippen molar-refractivity contribution in [2.45, 2.75) is 26.4 Å². The first-order valence-electron chi connectivity index (χ1n) is 10.9. The molecule has 0 aliphatic rings. The maximum atomic E-state index is 12.4. The summed E-state index contributed by atoms with van der Waals surface area (Å²) >= 11 is 12.7. The third-order valence-corrected chi connectivity index (χ3v) is 6.61. The molecule has 1 amide bonds. The van der Waals surface area contributed by atoms with Gasteiger partial charge in [-0.15, -0.1) is 0 Å². The molecule has 0 aliphatic heterocycles. The standard InChI is InChI=1S/C25H26Cl2N4O2/c1-3-30(2)25(32)22-16-33-23(29-22)15-31(14-18-7-6-9-20(26)24(18)27)12-11-17-13-28-21-10-5-4-8-19(17)21/h4-10,13,16,28H,3,11-12,14-15H2,1-2H3. The van der Waals surface area contributed by atoms with Crippen molar-refractivity contribution < 1.29 is 9.21 Å². The Labute approximate surface area is 203 Å². The number of nitrogens with one attached hydrogen (secondary N) is 1. The molecule has 1 N–H and O–H groups in total. The number of benzene rings is 2. The van der Waals surface area contributed by atoms with Gasteiger partial charge in [0.2, 0.25) is 5.89 Å². The second kappa shape index (κ2) is 10.4. The Balaban J connectivity index is 1.54. The van der Waals surface area contributed by atoms with Crippen LogP contribution in [0.3, 0.4) is 0 Å². The third-order valence-electron chi connectivity index (χ3n) is 5.75. The van der Waals surface area contributed by atoms with E-state index < -0.39 is 0 Å². The Bertz CT molecular complexity index is 1250. The highest BCUT2D eigenvalue weighted by Crippen LogP contribution is 2.27. The highest BCUT2D eigenvalue weighted by atomic mass is 35.5. The number of para-hydroxylation sites is 1. The minimum atomic E-state index is -0.157. The molecule has 0 spiro atoms. The van der Waals surface area contributed by atoms with Gasteiger partial charge in [0.25, 0.3) is 5.91 Å². The van der Waals surface area contributed by atoms with E-state index in [1.165, 1.54) is 17.2 Å². The van der Waals surface area contributed by atoms with Gasteiger partial charge in [0.05, 0.1) is 16.6 Å². The van der Waals surface area contributed by atoms with Crippen LogP contribution in [0.4, 0.5) is 0 Å². The summed E-state index contributed by atoms with van der Waals surface area (Å²) in [5, 5.41) is 2.28. The number of carbonyl (C=O) groups excluding carboxylic acids is 1. The predicted molar refractivity (Wildman–Crippen MR) is 132 cm³/mol. The van der Waals surface area contributed by atoms with Crippen LogP contribution in [0.2, 0.25) is 10.0 Å². The molecule has 0 atom stereocenters. The minimum absolute atomic E-state index is 0.157. The third kappa shape index (κ3) is 5.41.